The van der Waals surface area contributed by atoms with Gasteiger partial charge in [-0.2, -0.15) is 0 Å². The lowest BCUT2D eigenvalue weighted by atomic mass is 9.85. The molecule has 1 unspecified atom stereocenters. The van der Waals surface area contributed by atoms with Gasteiger partial charge in [0.1, 0.15) is 0 Å². The smallest absolute Gasteiger partial charge is 0.240 e. The van der Waals surface area contributed by atoms with Crippen molar-refractivity contribution in [2.45, 2.75) is 32.2 Å². The summed E-state index contributed by atoms with van der Waals surface area (Å²) in [5.41, 5.74) is 0.272. The third-order valence-corrected chi connectivity index (χ3v) is 4.70. The number of hydrogen-bond donors (Lipinski definition) is 1. The van der Waals surface area contributed by atoms with Crippen LogP contribution >= 0.6 is 15.9 Å². The molecule has 0 saturated carbocycles. The maximum atomic E-state index is 12.2. The summed E-state index contributed by atoms with van der Waals surface area (Å²) in [6.45, 7) is 6.01. The van der Waals surface area contributed by atoms with Gasteiger partial charge in [-0.3, -0.25) is 14.5 Å². The van der Waals surface area contributed by atoms with Gasteiger partial charge in [-0.25, -0.2) is 0 Å². The minimum atomic E-state index is -0.448. The molecule has 2 rings (SSSR count). The molecule has 0 spiro atoms. The zero-order valence-electron chi connectivity index (χ0n) is 12.5. The number of nitrogens with one attached hydrogen (secondary N) is 1. The monoisotopic (exact) mass is 352 g/mol. The molecule has 1 aliphatic rings. The van der Waals surface area contributed by atoms with Crippen molar-refractivity contribution < 1.29 is 9.59 Å². The number of rotatable bonds is 6. The first-order valence-electron chi connectivity index (χ1n) is 7.29. The van der Waals surface area contributed by atoms with Crippen LogP contribution in [0.4, 0.5) is 0 Å². The van der Waals surface area contributed by atoms with Gasteiger partial charge in [0.25, 0.3) is 0 Å². The van der Waals surface area contributed by atoms with E-state index in [1.807, 2.05) is 38.1 Å². The minimum absolute atomic E-state index is 0.0624. The fourth-order valence-corrected chi connectivity index (χ4v) is 2.85. The fraction of sp³-hybridized carbons (Fsp3) is 0.500. The Labute approximate surface area is 134 Å². The van der Waals surface area contributed by atoms with Crippen molar-refractivity contribution in [1.82, 2.24) is 10.2 Å². The van der Waals surface area contributed by atoms with Crippen LogP contribution in [0.15, 0.2) is 28.7 Å². The molecule has 0 bridgehead atoms. The zero-order chi connectivity index (χ0) is 15.5. The SMILES string of the molecule is CCNC(=O)C1(C)CCN1CCC(=O)c1ccc(Br)cc1. The summed E-state index contributed by atoms with van der Waals surface area (Å²) < 4.78 is 0.964. The second-order valence-electron chi connectivity index (χ2n) is 5.55. The maximum Gasteiger partial charge on any atom is 0.240 e. The largest absolute Gasteiger partial charge is 0.355 e. The van der Waals surface area contributed by atoms with Gasteiger partial charge in [-0.1, -0.05) is 28.1 Å². The Bertz CT molecular complexity index is 530. The van der Waals surface area contributed by atoms with Crippen LogP contribution < -0.4 is 5.32 Å². The Kier molecular flexibility index (Phi) is 5.17. The number of benzene rings is 1. The van der Waals surface area contributed by atoms with E-state index in [0.717, 1.165) is 23.0 Å². The van der Waals surface area contributed by atoms with E-state index in [2.05, 4.69) is 26.1 Å². The Morgan fingerprint density at radius 2 is 2.00 bits per heavy atom. The van der Waals surface area contributed by atoms with Crippen LogP contribution in [0.2, 0.25) is 0 Å². The van der Waals surface area contributed by atoms with E-state index >= 15 is 0 Å². The molecule has 5 heteroatoms. The van der Waals surface area contributed by atoms with Crippen LogP contribution in [0.1, 0.15) is 37.0 Å². The van der Waals surface area contributed by atoms with E-state index in [4.69, 9.17) is 0 Å². The molecule has 0 radical (unpaired) electrons. The Morgan fingerprint density at radius 3 is 2.52 bits per heavy atom. The predicted molar refractivity (Wildman–Crippen MR) is 86.4 cm³/mol. The first-order valence-corrected chi connectivity index (χ1v) is 8.09. The highest BCUT2D eigenvalue weighted by molar-refractivity contribution is 9.10. The van der Waals surface area contributed by atoms with Crippen LogP contribution in [-0.2, 0) is 4.79 Å². The van der Waals surface area contributed by atoms with E-state index in [9.17, 15) is 9.59 Å². The van der Waals surface area contributed by atoms with Crippen molar-refractivity contribution in [2.75, 3.05) is 19.6 Å². The van der Waals surface area contributed by atoms with Crippen LogP contribution in [0, 0.1) is 0 Å². The lowest BCUT2D eigenvalue weighted by Crippen LogP contribution is -2.65. The molecule has 1 aromatic rings. The first-order chi connectivity index (χ1) is 9.97. The number of carbonyl (C=O) groups is 2. The van der Waals surface area contributed by atoms with Crippen LogP contribution in [-0.4, -0.2) is 41.8 Å². The van der Waals surface area contributed by atoms with Crippen LogP contribution in [0.3, 0.4) is 0 Å². The van der Waals surface area contributed by atoms with Crippen molar-refractivity contribution in [3.05, 3.63) is 34.3 Å². The van der Waals surface area contributed by atoms with Crippen LogP contribution in [0.25, 0.3) is 0 Å². The van der Waals surface area contributed by atoms with E-state index in [0.29, 0.717) is 19.5 Å². The molecule has 1 heterocycles. The summed E-state index contributed by atoms with van der Waals surface area (Å²) >= 11 is 3.36. The second-order valence-corrected chi connectivity index (χ2v) is 6.47. The summed E-state index contributed by atoms with van der Waals surface area (Å²) in [7, 11) is 0. The number of nitrogens with zero attached hydrogens (tertiary/aromatic N) is 1. The lowest BCUT2D eigenvalue weighted by molar-refractivity contribution is -0.140. The number of ketones is 1. The number of likely N-dealkylation sites (tertiary alicyclic amines) is 1. The molecular formula is C16H21BrN2O2. The number of carbonyl (C=O) groups excluding carboxylic acids is 2. The topological polar surface area (TPSA) is 49.4 Å². The van der Waals surface area contributed by atoms with Gasteiger partial charge in [0, 0.05) is 36.1 Å². The van der Waals surface area contributed by atoms with Crippen LogP contribution in [0.5, 0.6) is 0 Å². The molecule has 1 N–H and O–H groups in total. The van der Waals surface area contributed by atoms with E-state index in [1.165, 1.54) is 0 Å². The molecule has 114 valence electrons. The molecule has 1 aliphatic heterocycles. The molecule has 1 amide bonds. The standard InChI is InChI=1S/C16H21BrN2O2/c1-3-18-15(21)16(2)9-11-19(16)10-8-14(20)12-4-6-13(17)7-5-12/h4-7H,3,8-11H2,1-2H3,(H,18,21). The lowest BCUT2D eigenvalue weighted by Gasteiger charge is -2.49. The van der Waals surface area contributed by atoms with Gasteiger partial charge in [0.15, 0.2) is 5.78 Å². The summed E-state index contributed by atoms with van der Waals surface area (Å²) in [6.07, 6.45) is 1.29. The molecule has 0 aliphatic carbocycles. The third-order valence-electron chi connectivity index (χ3n) is 4.17. The highest BCUT2D eigenvalue weighted by atomic mass is 79.9. The summed E-state index contributed by atoms with van der Waals surface area (Å²) in [5, 5.41) is 2.87. The van der Waals surface area contributed by atoms with Gasteiger partial charge in [-0.05, 0) is 32.4 Å². The third kappa shape index (κ3) is 3.52. The quantitative estimate of drug-likeness (QED) is 0.800. The fourth-order valence-electron chi connectivity index (χ4n) is 2.59. The Hall–Kier alpha value is -1.20. The summed E-state index contributed by atoms with van der Waals surface area (Å²) in [4.78, 5) is 26.3. The van der Waals surface area contributed by atoms with Gasteiger partial charge in [-0.15, -0.1) is 0 Å². The number of amides is 1. The van der Waals surface area contributed by atoms with E-state index in [-0.39, 0.29) is 11.7 Å². The van der Waals surface area contributed by atoms with Gasteiger partial charge in [0.2, 0.25) is 5.91 Å². The number of halogens is 1. The van der Waals surface area contributed by atoms with Crippen molar-refractivity contribution in [2.24, 2.45) is 0 Å². The molecule has 1 aromatic carbocycles. The zero-order valence-corrected chi connectivity index (χ0v) is 14.1. The number of Topliss-reactive ketones (excluding diaryl/α,β-unsaturated/α-hetero) is 1. The first kappa shape index (κ1) is 16.2. The molecule has 1 saturated heterocycles. The normalized spacial score (nSPS) is 21.7. The predicted octanol–water partition coefficient (Wildman–Crippen LogP) is 2.62. The molecule has 0 aromatic heterocycles. The van der Waals surface area contributed by atoms with Gasteiger partial charge in [0.05, 0.1) is 5.54 Å². The average molecular weight is 353 g/mol. The Morgan fingerprint density at radius 1 is 1.33 bits per heavy atom. The summed E-state index contributed by atoms with van der Waals surface area (Å²) in [6, 6.07) is 7.39. The van der Waals surface area contributed by atoms with E-state index in [1.54, 1.807) is 0 Å². The van der Waals surface area contributed by atoms with Gasteiger partial charge < -0.3 is 5.32 Å². The molecule has 1 fully saturated rings. The van der Waals surface area contributed by atoms with Crippen molar-refractivity contribution >= 4 is 27.6 Å². The van der Waals surface area contributed by atoms with Crippen molar-refractivity contribution in [1.29, 1.82) is 0 Å². The average Bonchev–Trinajstić information content (AvgIpc) is 2.46. The molecule has 21 heavy (non-hydrogen) atoms. The highest BCUT2D eigenvalue weighted by Gasteiger charge is 2.46. The molecular weight excluding hydrogens is 332 g/mol. The minimum Gasteiger partial charge on any atom is -0.355 e. The number of likely N-dealkylation sites (N-methyl/N-ethyl adjacent to an activating group) is 1. The number of hydrogen-bond acceptors (Lipinski definition) is 3. The molecule has 1 atom stereocenters. The van der Waals surface area contributed by atoms with E-state index < -0.39 is 5.54 Å². The molecule has 4 nitrogen and oxygen atoms in total. The Balaban J connectivity index is 1.90. The second kappa shape index (κ2) is 6.71. The van der Waals surface area contributed by atoms with Crippen molar-refractivity contribution in [3.8, 4) is 0 Å². The highest BCUT2D eigenvalue weighted by Crippen LogP contribution is 2.30. The summed E-state index contributed by atoms with van der Waals surface area (Å²) in [5.74, 6) is 0.181. The van der Waals surface area contributed by atoms with Crippen molar-refractivity contribution in [3.63, 3.8) is 0 Å². The van der Waals surface area contributed by atoms with Gasteiger partial charge >= 0.3 is 0 Å². The maximum absolute atomic E-state index is 12.2.